The van der Waals surface area contributed by atoms with Gasteiger partial charge >= 0.3 is 0 Å². The molecule has 0 unspecified atom stereocenters. The molecule has 6 heteroatoms. The molecule has 90 valence electrons. The van der Waals surface area contributed by atoms with Gasteiger partial charge in [0.2, 0.25) is 0 Å². The fourth-order valence-corrected chi connectivity index (χ4v) is 2.54. The van der Waals surface area contributed by atoms with E-state index in [-0.39, 0.29) is 11.5 Å². The van der Waals surface area contributed by atoms with Gasteiger partial charge in [-0.2, -0.15) is 0 Å². The van der Waals surface area contributed by atoms with E-state index in [1.807, 2.05) is 0 Å². The van der Waals surface area contributed by atoms with Gasteiger partial charge in [-0.05, 0) is 26.0 Å². The van der Waals surface area contributed by atoms with Crippen molar-refractivity contribution in [2.24, 2.45) is 5.84 Å². The molecule has 0 heterocycles. The molecule has 0 atom stereocenters. The molecule has 0 saturated carbocycles. The summed E-state index contributed by atoms with van der Waals surface area (Å²) >= 11 is 0. The number of hydrogen-bond donors (Lipinski definition) is 2. The summed E-state index contributed by atoms with van der Waals surface area (Å²) in [5.41, 5.74) is -1.03. The Morgan fingerprint density at radius 1 is 1.31 bits per heavy atom. The first-order valence-electron chi connectivity index (χ1n) is 4.78. The lowest BCUT2D eigenvalue weighted by Crippen LogP contribution is -2.54. The van der Waals surface area contributed by atoms with Crippen molar-refractivity contribution in [1.29, 1.82) is 0 Å². The Labute approximate surface area is 95.5 Å². The molecule has 0 aliphatic heterocycles. The van der Waals surface area contributed by atoms with Gasteiger partial charge in [-0.3, -0.25) is 5.84 Å². The van der Waals surface area contributed by atoms with Gasteiger partial charge in [0, 0.05) is 0 Å². The predicted octanol–water partition coefficient (Wildman–Crippen LogP) is 0.322. The number of aliphatic hydroxyl groups is 1. The SMILES string of the molecule is CC(C)(CO)N(N)S(=O)(=O)c1ccccc1. The Hall–Kier alpha value is -0.950. The van der Waals surface area contributed by atoms with E-state index in [4.69, 9.17) is 10.9 Å². The summed E-state index contributed by atoms with van der Waals surface area (Å²) in [4.78, 5) is 0.110. The van der Waals surface area contributed by atoms with Crippen LogP contribution in [0, 0.1) is 0 Å². The molecule has 1 aromatic carbocycles. The Kier molecular flexibility index (Phi) is 3.69. The van der Waals surface area contributed by atoms with Crippen LogP contribution in [0.2, 0.25) is 0 Å². The fourth-order valence-electron chi connectivity index (χ4n) is 1.10. The lowest BCUT2D eigenvalue weighted by Gasteiger charge is -2.31. The summed E-state index contributed by atoms with van der Waals surface area (Å²) < 4.78 is 24.7. The van der Waals surface area contributed by atoms with Crippen LogP contribution in [-0.2, 0) is 10.0 Å². The van der Waals surface area contributed by atoms with Crippen LogP contribution >= 0.6 is 0 Å². The smallest absolute Gasteiger partial charge is 0.256 e. The van der Waals surface area contributed by atoms with Crippen molar-refractivity contribution < 1.29 is 13.5 Å². The minimum Gasteiger partial charge on any atom is -0.394 e. The summed E-state index contributed by atoms with van der Waals surface area (Å²) in [5, 5.41) is 9.09. The number of hydrazine groups is 1. The van der Waals surface area contributed by atoms with Gasteiger partial charge in [-0.25, -0.2) is 8.42 Å². The quantitative estimate of drug-likeness (QED) is 0.590. The summed E-state index contributed by atoms with van der Waals surface area (Å²) in [6.45, 7) is 2.75. The van der Waals surface area contributed by atoms with Crippen LogP contribution in [0.5, 0.6) is 0 Å². The summed E-state index contributed by atoms with van der Waals surface area (Å²) in [6, 6.07) is 7.88. The molecular formula is C10H16N2O3S. The Morgan fingerprint density at radius 2 is 1.81 bits per heavy atom. The molecule has 0 radical (unpaired) electrons. The Morgan fingerprint density at radius 3 is 2.25 bits per heavy atom. The third-order valence-corrected chi connectivity index (χ3v) is 4.16. The minimum absolute atomic E-state index is 0.110. The van der Waals surface area contributed by atoms with Gasteiger partial charge < -0.3 is 5.11 Å². The molecule has 1 aromatic rings. The van der Waals surface area contributed by atoms with Gasteiger partial charge in [0.25, 0.3) is 10.0 Å². The van der Waals surface area contributed by atoms with Crippen LogP contribution in [0.1, 0.15) is 13.8 Å². The average Bonchev–Trinajstić information content (AvgIpc) is 2.29. The highest BCUT2D eigenvalue weighted by Crippen LogP contribution is 2.20. The summed E-state index contributed by atoms with van der Waals surface area (Å²) in [6.07, 6.45) is 0. The molecule has 0 fully saturated rings. The van der Waals surface area contributed by atoms with Gasteiger partial charge in [-0.15, -0.1) is 4.41 Å². The molecular weight excluding hydrogens is 228 g/mol. The lowest BCUT2D eigenvalue weighted by molar-refractivity contribution is 0.122. The molecule has 5 nitrogen and oxygen atoms in total. The highest BCUT2D eigenvalue weighted by molar-refractivity contribution is 7.89. The number of sulfonamides is 1. The van der Waals surface area contributed by atoms with E-state index >= 15 is 0 Å². The first kappa shape index (κ1) is 13.1. The zero-order valence-corrected chi connectivity index (χ0v) is 10.1. The molecule has 0 amide bonds. The van der Waals surface area contributed by atoms with E-state index in [0.29, 0.717) is 4.41 Å². The van der Waals surface area contributed by atoms with Crippen LogP contribution in [0.25, 0.3) is 0 Å². The highest BCUT2D eigenvalue weighted by atomic mass is 32.2. The van der Waals surface area contributed by atoms with Crippen LogP contribution < -0.4 is 5.84 Å². The summed E-state index contributed by atoms with van der Waals surface area (Å²) in [7, 11) is -3.76. The third-order valence-electron chi connectivity index (χ3n) is 2.28. The van der Waals surface area contributed by atoms with E-state index in [9.17, 15) is 8.42 Å². The van der Waals surface area contributed by atoms with Crippen molar-refractivity contribution in [2.45, 2.75) is 24.3 Å². The second kappa shape index (κ2) is 4.50. The fraction of sp³-hybridized carbons (Fsp3) is 0.400. The molecule has 0 aliphatic carbocycles. The van der Waals surface area contributed by atoms with Crippen molar-refractivity contribution in [2.75, 3.05) is 6.61 Å². The number of nitrogens with zero attached hydrogens (tertiary/aromatic N) is 1. The molecule has 0 aromatic heterocycles. The second-order valence-electron chi connectivity index (χ2n) is 4.08. The van der Waals surface area contributed by atoms with Gasteiger partial charge in [0.05, 0.1) is 17.0 Å². The van der Waals surface area contributed by atoms with E-state index < -0.39 is 15.6 Å². The van der Waals surface area contributed by atoms with Crippen molar-refractivity contribution >= 4 is 10.0 Å². The minimum atomic E-state index is -3.76. The largest absolute Gasteiger partial charge is 0.394 e. The molecule has 0 bridgehead atoms. The zero-order chi connectivity index (χ0) is 12.4. The van der Waals surface area contributed by atoms with E-state index in [1.165, 1.54) is 12.1 Å². The first-order chi connectivity index (χ1) is 7.32. The average molecular weight is 244 g/mol. The van der Waals surface area contributed by atoms with Crippen molar-refractivity contribution in [1.82, 2.24) is 4.41 Å². The maximum atomic E-state index is 12.0. The molecule has 16 heavy (non-hydrogen) atoms. The number of aliphatic hydroxyl groups excluding tert-OH is 1. The monoisotopic (exact) mass is 244 g/mol. The predicted molar refractivity (Wildman–Crippen MR) is 60.8 cm³/mol. The summed E-state index contributed by atoms with van der Waals surface area (Å²) in [5.74, 6) is 5.56. The zero-order valence-electron chi connectivity index (χ0n) is 9.29. The maximum absolute atomic E-state index is 12.0. The molecule has 1 rings (SSSR count). The van der Waals surface area contributed by atoms with Gasteiger partial charge in [-0.1, -0.05) is 18.2 Å². The number of rotatable bonds is 4. The normalized spacial score (nSPS) is 13.1. The van der Waals surface area contributed by atoms with Crippen LogP contribution in [-0.4, -0.2) is 30.1 Å². The number of hydrogen-bond acceptors (Lipinski definition) is 4. The third kappa shape index (κ3) is 2.41. The second-order valence-corrected chi connectivity index (χ2v) is 5.90. The molecule has 0 saturated heterocycles. The molecule has 0 spiro atoms. The number of nitrogens with two attached hydrogens (primary N) is 1. The standard InChI is InChI=1S/C10H16N2O3S/c1-10(2,8-13)12(11)16(14,15)9-6-4-3-5-7-9/h3-7,13H,8,11H2,1-2H3. The maximum Gasteiger partial charge on any atom is 0.256 e. The highest BCUT2D eigenvalue weighted by Gasteiger charge is 2.34. The van der Waals surface area contributed by atoms with E-state index in [0.717, 1.165) is 0 Å². The topological polar surface area (TPSA) is 83.6 Å². The van der Waals surface area contributed by atoms with Gasteiger partial charge in [0.15, 0.2) is 0 Å². The molecule has 0 aliphatic rings. The van der Waals surface area contributed by atoms with Crippen molar-refractivity contribution in [3.63, 3.8) is 0 Å². The van der Waals surface area contributed by atoms with Crippen LogP contribution in [0.3, 0.4) is 0 Å². The van der Waals surface area contributed by atoms with Crippen LogP contribution in [0.15, 0.2) is 35.2 Å². The van der Waals surface area contributed by atoms with Crippen molar-refractivity contribution in [3.05, 3.63) is 30.3 Å². The Bertz CT molecular complexity index is 442. The Balaban J connectivity index is 3.14. The first-order valence-corrected chi connectivity index (χ1v) is 6.22. The van der Waals surface area contributed by atoms with Crippen molar-refractivity contribution in [3.8, 4) is 0 Å². The lowest BCUT2D eigenvalue weighted by atomic mass is 10.1. The molecule has 3 N–H and O–H groups in total. The van der Waals surface area contributed by atoms with E-state index in [1.54, 1.807) is 32.0 Å². The number of benzene rings is 1. The van der Waals surface area contributed by atoms with E-state index in [2.05, 4.69) is 0 Å². The van der Waals surface area contributed by atoms with Crippen LogP contribution in [0.4, 0.5) is 0 Å². The van der Waals surface area contributed by atoms with Gasteiger partial charge in [0.1, 0.15) is 0 Å².